The van der Waals surface area contributed by atoms with Crippen molar-refractivity contribution in [3.63, 3.8) is 0 Å². The number of hydrogen-bond acceptors (Lipinski definition) is 5. The zero-order chi connectivity index (χ0) is 21.5. The summed E-state index contributed by atoms with van der Waals surface area (Å²) < 4.78 is 66.4. The van der Waals surface area contributed by atoms with E-state index < -0.39 is 26.7 Å². The van der Waals surface area contributed by atoms with E-state index in [2.05, 4.69) is 14.8 Å². The smallest absolute Gasteiger partial charge is 0.370 e. The molecule has 11 heteroatoms. The third-order valence-electron chi connectivity index (χ3n) is 5.87. The second-order valence-corrected chi connectivity index (χ2v) is 9.51. The minimum Gasteiger partial charge on any atom is -0.370 e. The van der Waals surface area contributed by atoms with Crippen molar-refractivity contribution >= 4 is 15.7 Å². The molecule has 0 saturated carbocycles. The lowest BCUT2D eigenvalue weighted by molar-refractivity contribution is -0.137. The molecule has 7 nitrogen and oxygen atoms in total. The van der Waals surface area contributed by atoms with Crippen LogP contribution < -0.4 is 10.0 Å². The van der Waals surface area contributed by atoms with Crippen LogP contribution in [0.25, 0.3) is 0 Å². The number of anilines is 1. The first-order chi connectivity index (χ1) is 14.1. The Hall–Kier alpha value is -2.14. The van der Waals surface area contributed by atoms with E-state index >= 15 is 0 Å². The third-order valence-corrected chi connectivity index (χ3v) is 6.78. The van der Waals surface area contributed by atoms with Gasteiger partial charge in [0.05, 0.1) is 10.5 Å². The van der Waals surface area contributed by atoms with E-state index in [1.165, 1.54) is 6.07 Å². The number of nitrogens with zero attached hydrogens (tertiary/aromatic N) is 4. The molecule has 2 aliphatic rings. The molecule has 1 fully saturated rings. The Morgan fingerprint density at radius 1 is 1.07 bits per heavy atom. The van der Waals surface area contributed by atoms with Gasteiger partial charge in [0.1, 0.15) is 11.6 Å². The van der Waals surface area contributed by atoms with E-state index in [1.54, 1.807) is 4.90 Å². The summed E-state index contributed by atoms with van der Waals surface area (Å²) in [7, 11) is -4.23. The molecule has 0 aliphatic carbocycles. The number of piperidine rings is 1. The van der Waals surface area contributed by atoms with E-state index in [0.29, 0.717) is 25.6 Å². The van der Waals surface area contributed by atoms with Gasteiger partial charge in [0.2, 0.25) is 10.0 Å². The molecule has 2 N–H and O–H groups in total. The van der Waals surface area contributed by atoms with E-state index in [-0.39, 0.29) is 11.6 Å². The Labute approximate surface area is 173 Å². The number of rotatable bonds is 3. The topological polar surface area (TPSA) is 94.1 Å². The first-order valence-corrected chi connectivity index (χ1v) is 11.6. The molecule has 1 atom stereocenters. The lowest BCUT2D eigenvalue weighted by atomic mass is 9.95. The average Bonchev–Trinajstić information content (AvgIpc) is 2.94. The molecule has 1 unspecified atom stereocenters. The summed E-state index contributed by atoms with van der Waals surface area (Å²) in [4.78, 5) is 1.12. The summed E-state index contributed by atoms with van der Waals surface area (Å²) in [6.07, 6.45) is 0.949. The van der Waals surface area contributed by atoms with Gasteiger partial charge in [0, 0.05) is 37.7 Å². The highest BCUT2D eigenvalue weighted by atomic mass is 32.2. The number of fused-ring (bicyclic) bond motifs is 1. The summed E-state index contributed by atoms with van der Waals surface area (Å²) >= 11 is 0. The maximum atomic E-state index is 13.7. The minimum atomic E-state index is -4.70. The van der Waals surface area contributed by atoms with Crippen molar-refractivity contribution < 1.29 is 21.6 Å². The Morgan fingerprint density at radius 2 is 1.87 bits per heavy atom. The van der Waals surface area contributed by atoms with Crippen LogP contribution in [0.15, 0.2) is 23.1 Å². The minimum absolute atomic E-state index is 0.0305. The van der Waals surface area contributed by atoms with Gasteiger partial charge in [-0.15, -0.1) is 10.2 Å². The number of alkyl halides is 3. The van der Waals surface area contributed by atoms with Crippen molar-refractivity contribution in [3.8, 4) is 0 Å². The fourth-order valence-electron chi connectivity index (χ4n) is 4.41. The van der Waals surface area contributed by atoms with Crippen LogP contribution in [0.5, 0.6) is 0 Å². The van der Waals surface area contributed by atoms with Crippen LogP contribution in [0.2, 0.25) is 0 Å². The molecule has 2 aliphatic heterocycles. The molecule has 3 heterocycles. The normalized spacial score (nSPS) is 20.7. The van der Waals surface area contributed by atoms with Crippen LogP contribution in [0, 0.1) is 0 Å². The van der Waals surface area contributed by atoms with Crippen molar-refractivity contribution in [2.45, 2.75) is 62.1 Å². The van der Waals surface area contributed by atoms with Gasteiger partial charge < -0.3 is 9.47 Å². The number of halogens is 3. The predicted octanol–water partition coefficient (Wildman–Crippen LogP) is 3.05. The van der Waals surface area contributed by atoms with Gasteiger partial charge in [-0.1, -0.05) is 6.42 Å². The summed E-state index contributed by atoms with van der Waals surface area (Å²) in [5, 5.41) is 13.7. The maximum Gasteiger partial charge on any atom is 0.418 e. The van der Waals surface area contributed by atoms with E-state index in [0.717, 1.165) is 56.4 Å². The lowest BCUT2D eigenvalue weighted by Gasteiger charge is -2.35. The Balaban J connectivity index is 1.66. The van der Waals surface area contributed by atoms with E-state index in [1.807, 2.05) is 0 Å². The van der Waals surface area contributed by atoms with E-state index in [4.69, 9.17) is 5.14 Å². The summed E-state index contributed by atoms with van der Waals surface area (Å²) in [6.45, 7) is 1.66. The van der Waals surface area contributed by atoms with Crippen molar-refractivity contribution in [3.05, 3.63) is 35.4 Å². The molecule has 1 aromatic heterocycles. The van der Waals surface area contributed by atoms with Gasteiger partial charge in [0.25, 0.3) is 0 Å². The van der Waals surface area contributed by atoms with Crippen molar-refractivity contribution in [2.24, 2.45) is 5.14 Å². The zero-order valence-corrected chi connectivity index (χ0v) is 17.2. The molecule has 4 rings (SSSR count). The van der Waals surface area contributed by atoms with Crippen LogP contribution in [0.3, 0.4) is 0 Å². The van der Waals surface area contributed by atoms with Gasteiger partial charge in [-0.05, 0) is 43.9 Å². The summed E-state index contributed by atoms with van der Waals surface area (Å²) in [5.41, 5.74) is -1.02. The molecular formula is C19H24F3N5O2S. The molecule has 1 aromatic carbocycles. The van der Waals surface area contributed by atoms with E-state index in [9.17, 15) is 21.6 Å². The molecule has 0 radical (unpaired) electrons. The van der Waals surface area contributed by atoms with Crippen LogP contribution in [0.1, 0.15) is 55.2 Å². The van der Waals surface area contributed by atoms with Crippen molar-refractivity contribution in [1.29, 1.82) is 0 Å². The van der Waals surface area contributed by atoms with Crippen molar-refractivity contribution in [2.75, 3.05) is 18.0 Å². The van der Waals surface area contributed by atoms with Crippen LogP contribution in [0.4, 0.5) is 18.9 Å². The molecule has 1 saturated heterocycles. The Morgan fingerprint density at radius 3 is 2.60 bits per heavy atom. The predicted molar refractivity (Wildman–Crippen MR) is 105 cm³/mol. The highest BCUT2D eigenvalue weighted by Crippen LogP contribution is 2.40. The van der Waals surface area contributed by atoms with Gasteiger partial charge in [-0.25, -0.2) is 13.6 Å². The average molecular weight is 443 g/mol. The van der Waals surface area contributed by atoms with Crippen LogP contribution >= 0.6 is 0 Å². The number of nitrogens with two attached hydrogens (primary N) is 1. The highest BCUT2D eigenvalue weighted by Gasteiger charge is 2.37. The molecule has 0 spiro atoms. The first-order valence-electron chi connectivity index (χ1n) is 10.1. The lowest BCUT2D eigenvalue weighted by Crippen LogP contribution is -2.36. The van der Waals surface area contributed by atoms with Gasteiger partial charge >= 0.3 is 6.18 Å². The Bertz CT molecular complexity index is 1040. The SMILES string of the molecule is NS(=O)(=O)c1ccc(N2CCCC(c3nnc4n3CCCCC4)C2)c(C(F)(F)F)c1. The number of benzene rings is 1. The Kier molecular flexibility index (Phi) is 5.52. The number of primary sulfonamides is 1. The number of aryl methyl sites for hydroxylation is 1. The zero-order valence-electron chi connectivity index (χ0n) is 16.4. The number of hydrogen-bond donors (Lipinski definition) is 1. The quantitative estimate of drug-likeness (QED) is 0.787. The molecular weight excluding hydrogens is 419 g/mol. The molecule has 30 heavy (non-hydrogen) atoms. The second-order valence-electron chi connectivity index (χ2n) is 7.94. The first kappa shape index (κ1) is 21.1. The fraction of sp³-hybridized carbons (Fsp3) is 0.579. The van der Waals surface area contributed by atoms with Gasteiger partial charge in [-0.2, -0.15) is 13.2 Å². The molecule has 0 amide bonds. The van der Waals surface area contributed by atoms with Gasteiger partial charge in [0.15, 0.2) is 0 Å². The molecule has 2 aromatic rings. The monoisotopic (exact) mass is 443 g/mol. The van der Waals surface area contributed by atoms with Crippen LogP contribution in [-0.2, 0) is 29.2 Å². The molecule has 164 valence electrons. The second kappa shape index (κ2) is 7.84. The number of sulfonamides is 1. The maximum absolute atomic E-state index is 13.7. The molecule has 0 bridgehead atoms. The standard InChI is InChI=1S/C19H24F3N5O2S/c20-19(21,22)15-11-14(30(23,28)29)7-8-16(15)26-9-4-5-13(12-26)18-25-24-17-6-2-1-3-10-27(17)18/h7-8,11,13H,1-6,9-10,12H2,(H2,23,28,29). The largest absolute Gasteiger partial charge is 0.418 e. The summed E-state index contributed by atoms with van der Waals surface area (Å²) in [5.74, 6) is 1.76. The third kappa shape index (κ3) is 4.18. The number of aromatic nitrogens is 3. The highest BCUT2D eigenvalue weighted by molar-refractivity contribution is 7.89. The van der Waals surface area contributed by atoms with Gasteiger partial charge in [-0.3, -0.25) is 0 Å². The summed E-state index contributed by atoms with van der Waals surface area (Å²) in [6, 6.07) is 2.96. The fourth-order valence-corrected chi connectivity index (χ4v) is 4.95. The van der Waals surface area contributed by atoms with Crippen molar-refractivity contribution in [1.82, 2.24) is 14.8 Å². The van der Waals surface area contributed by atoms with Crippen LogP contribution in [-0.4, -0.2) is 36.3 Å².